The first-order valence-electron chi connectivity index (χ1n) is 7.28. The molecule has 2 saturated carbocycles. The third-order valence-electron chi connectivity index (χ3n) is 4.41. The van der Waals surface area contributed by atoms with Crippen molar-refractivity contribution in [2.24, 2.45) is 11.3 Å². The first kappa shape index (κ1) is 13.4. The van der Waals surface area contributed by atoms with Crippen LogP contribution < -0.4 is 10.1 Å². The summed E-state index contributed by atoms with van der Waals surface area (Å²) in [7, 11) is 0. The highest BCUT2D eigenvalue weighted by Crippen LogP contribution is 2.60. The van der Waals surface area contributed by atoms with E-state index in [2.05, 4.69) is 5.32 Å². The molecule has 2 aliphatic rings. The Labute approximate surface area is 118 Å². The summed E-state index contributed by atoms with van der Waals surface area (Å²) in [5.74, 6) is 1.66. The largest absolute Gasteiger partial charge is 0.492 e. The maximum absolute atomic E-state index is 10.5. The molecule has 1 aromatic rings. The molecule has 2 aliphatic carbocycles. The van der Waals surface area contributed by atoms with E-state index in [9.17, 15) is 10.1 Å². The van der Waals surface area contributed by atoms with Crippen molar-refractivity contribution in [3.8, 4) is 5.75 Å². The number of nitrogens with zero attached hydrogens (tertiary/aromatic N) is 1. The molecular weight excluding hydrogens is 256 g/mol. The Kier molecular flexibility index (Phi) is 3.61. The third-order valence-corrected chi connectivity index (χ3v) is 4.41. The summed E-state index contributed by atoms with van der Waals surface area (Å²) in [5, 5.41) is 14.0. The molecule has 5 heteroatoms. The van der Waals surface area contributed by atoms with Gasteiger partial charge in [0.15, 0.2) is 0 Å². The fourth-order valence-electron chi connectivity index (χ4n) is 2.83. The monoisotopic (exact) mass is 276 g/mol. The molecule has 1 aromatic carbocycles. The molecule has 0 amide bonds. The van der Waals surface area contributed by atoms with Crippen LogP contribution in [0.1, 0.15) is 25.7 Å². The topological polar surface area (TPSA) is 64.4 Å². The Morgan fingerprint density at radius 1 is 1.30 bits per heavy atom. The van der Waals surface area contributed by atoms with Crippen LogP contribution in [-0.2, 0) is 0 Å². The van der Waals surface area contributed by atoms with Crippen molar-refractivity contribution in [3.63, 3.8) is 0 Å². The van der Waals surface area contributed by atoms with Gasteiger partial charge in [0, 0.05) is 25.2 Å². The molecule has 5 nitrogen and oxygen atoms in total. The predicted octanol–water partition coefficient (Wildman–Crippen LogP) is 2.75. The summed E-state index contributed by atoms with van der Waals surface area (Å²) < 4.78 is 5.57. The minimum absolute atomic E-state index is 0.0931. The summed E-state index contributed by atoms with van der Waals surface area (Å²) in [4.78, 5) is 10.1. The second-order valence-corrected chi connectivity index (χ2v) is 5.91. The fraction of sp³-hybridized carbons (Fsp3) is 0.600. The van der Waals surface area contributed by atoms with Gasteiger partial charge in [0.05, 0.1) is 4.92 Å². The van der Waals surface area contributed by atoms with Gasteiger partial charge in [-0.25, -0.2) is 0 Å². The van der Waals surface area contributed by atoms with E-state index in [1.807, 2.05) is 0 Å². The number of hydrogen-bond donors (Lipinski definition) is 1. The molecule has 1 N–H and O–H groups in total. The lowest BCUT2D eigenvalue weighted by atomic mass is 10.0. The SMILES string of the molecule is O=[N+]([O-])c1ccc(OCCNCC2(C3CC3)CC2)cc1. The molecule has 0 atom stereocenters. The number of nitro benzene ring substituents is 1. The molecule has 0 aromatic heterocycles. The lowest BCUT2D eigenvalue weighted by Gasteiger charge is -2.15. The van der Waals surface area contributed by atoms with Crippen molar-refractivity contribution in [3.05, 3.63) is 34.4 Å². The Morgan fingerprint density at radius 2 is 2.00 bits per heavy atom. The van der Waals surface area contributed by atoms with Gasteiger partial charge >= 0.3 is 0 Å². The van der Waals surface area contributed by atoms with Gasteiger partial charge in [-0.1, -0.05) is 0 Å². The number of nitrogens with one attached hydrogen (secondary N) is 1. The molecule has 0 aliphatic heterocycles. The van der Waals surface area contributed by atoms with Gasteiger partial charge in [0.1, 0.15) is 12.4 Å². The van der Waals surface area contributed by atoms with E-state index in [1.54, 1.807) is 12.1 Å². The van der Waals surface area contributed by atoms with Gasteiger partial charge in [-0.15, -0.1) is 0 Å². The Morgan fingerprint density at radius 3 is 2.55 bits per heavy atom. The first-order chi connectivity index (χ1) is 9.70. The molecule has 0 unspecified atom stereocenters. The lowest BCUT2D eigenvalue weighted by molar-refractivity contribution is -0.384. The molecule has 0 bridgehead atoms. The van der Waals surface area contributed by atoms with Crippen LogP contribution in [0.2, 0.25) is 0 Å². The normalized spacial score (nSPS) is 19.6. The standard InChI is InChI=1S/C15H20N2O3/c18-17(19)13-3-5-14(6-4-13)20-10-9-16-11-15(7-8-15)12-1-2-12/h3-6,12,16H,1-2,7-11H2. The van der Waals surface area contributed by atoms with E-state index in [0.717, 1.165) is 19.0 Å². The number of nitro groups is 1. The van der Waals surface area contributed by atoms with E-state index in [-0.39, 0.29) is 5.69 Å². The second kappa shape index (κ2) is 5.40. The van der Waals surface area contributed by atoms with E-state index < -0.39 is 4.92 Å². The number of hydrogen-bond acceptors (Lipinski definition) is 4. The summed E-state index contributed by atoms with van der Waals surface area (Å²) in [6, 6.07) is 6.22. The molecular formula is C15H20N2O3. The van der Waals surface area contributed by atoms with Gasteiger partial charge in [-0.3, -0.25) is 10.1 Å². The van der Waals surface area contributed by atoms with Crippen LogP contribution in [0.4, 0.5) is 5.69 Å². The summed E-state index contributed by atoms with van der Waals surface area (Å²) in [6.07, 6.45) is 5.60. The predicted molar refractivity (Wildman–Crippen MR) is 75.9 cm³/mol. The molecule has 0 radical (unpaired) electrons. The zero-order valence-corrected chi connectivity index (χ0v) is 11.5. The summed E-state index contributed by atoms with van der Waals surface area (Å²) in [6.45, 7) is 2.53. The van der Waals surface area contributed by atoms with Crippen molar-refractivity contribution in [2.45, 2.75) is 25.7 Å². The number of rotatable bonds is 8. The Bertz CT molecular complexity index is 478. The zero-order valence-electron chi connectivity index (χ0n) is 11.5. The van der Waals surface area contributed by atoms with E-state index >= 15 is 0 Å². The van der Waals surface area contributed by atoms with Crippen LogP contribution in [-0.4, -0.2) is 24.6 Å². The highest BCUT2D eigenvalue weighted by molar-refractivity contribution is 5.35. The van der Waals surface area contributed by atoms with Crippen LogP contribution in [0.15, 0.2) is 24.3 Å². The van der Waals surface area contributed by atoms with Crippen LogP contribution >= 0.6 is 0 Å². The highest BCUT2D eigenvalue weighted by Gasteiger charge is 2.53. The minimum atomic E-state index is -0.404. The van der Waals surface area contributed by atoms with Crippen molar-refractivity contribution in [1.29, 1.82) is 0 Å². The third kappa shape index (κ3) is 3.10. The van der Waals surface area contributed by atoms with E-state index in [0.29, 0.717) is 17.8 Å². The number of non-ortho nitro benzene ring substituents is 1. The van der Waals surface area contributed by atoms with Crippen LogP contribution in [0.3, 0.4) is 0 Å². The molecule has 0 saturated heterocycles. The number of benzene rings is 1. The number of ether oxygens (including phenoxy) is 1. The highest BCUT2D eigenvalue weighted by atomic mass is 16.6. The van der Waals surface area contributed by atoms with E-state index in [1.165, 1.54) is 37.8 Å². The average molecular weight is 276 g/mol. The van der Waals surface area contributed by atoms with Gasteiger partial charge in [0.25, 0.3) is 5.69 Å². The Hall–Kier alpha value is -1.62. The summed E-state index contributed by atoms with van der Waals surface area (Å²) in [5.41, 5.74) is 0.712. The van der Waals surface area contributed by atoms with Gasteiger partial charge in [0.2, 0.25) is 0 Å². The van der Waals surface area contributed by atoms with Gasteiger partial charge < -0.3 is 10.1 Å². The van der Waals surface area contributed by atoms with Crippen molar-refractivity contribution >= 4 is 5.69 Å². The van der Waals surface area contributed by atoms with Gasteiger partial charge in [-0.05, 0) is 49.1 Å². The van der Waals surface area contributed by atoms with Crippen LogP contribution in [0.5, 0.6) is 5.75 Å². The quantitative estimate of drug-likeness (QED) is 0.450. The van der Waals surface area contributed by atoms with Crippen molar-refractivity contribution in [1.82, 2.24) is 5.32 Å². The lowest BCUT2D eigenvalue weighted by Crippen LogP contribution is -2.29. The molecule has 0 heterocycles. The molecule has 108 valence electrons. The van der Waals surface area contributed by atoms with Crippen LogP contribution in [0, 0.1) is 21.4 Å². The molecule has 3 rings (SSSR count). The van der Waals surface area contributed by atoms with Crippen LogP contribution in [0.25, 0.3) is 0 Å². The zero-order chi connectivity index (χ0) is 14.0. The fourth-order valence-corrected chi connectivity index (χ4v) is 2.83. The molecule has 0 spiro atoms. The average Bonchev–Trinajstić information content (AvgIpc) is 3.31. The maximum atomic E-state index is 10.5. The molecule has 20 heavy (non-hydrogen) atoms. The first-order valence-corrected chi connectivity index (χ1v) is 7.28. The maximum Gasteiger partial charge on any atom is 0.269 e. The Balaban J connectivity index is 1.34. The molecule has 2 fully saturated rings. The minimum Gasteiger partial charge on any atom is -0.492 e. The van der Waals surface area contributed by atoms with Crippen molar-refractivity contribution < 1.29 is 9.66 Å². The van der Waals surface area contributed by atoms with Gasteiger partial charge in [-0.2, -0.15) is 0 Å². The van der Waals surface area contributed by atoms with Crippen molar-refractivity contribution in [2.75, 3.05) is 19.7 Å². The smallest absolute Gasteiger partial charge is 0.269 e. The summed E-state index contributed by atoms with van der Waals surface area (Å²) >= 11 is 0. The second-order valence-electron chi connectivity index (χ2n) is 5.91. The van der Waals surface area contributed by atoms with E-state index in [4.69, 9.17) is 4.74 Å².